The third-order valence-electron chi connectivity index (χ3n) is 3.62. The number of hydrogen-bond acceptors (Lipinski definition) is 4. The molecular weight excluding hydrogens is 304 g/mol. The van der Waals surface area contributed by atoms with Crippen LogP contribution < -0.4 is 10.6 Å². The third-order valence-corrected chi connectivity index (χ3v) is 3.62. The largest absolute Gasteiger partial charge is 0.465 e. The predicted molar refractivity (Wildman–Crippen MR) is 95.1 cm³/mol. The molecule has 0 aliphatic heterocycles. The summed E-state index contributed by atoms with van der Waals surface area (Å²) in [5.41, 5.74) is 2.00. The lowest BCUT2D eigenvalue weighted by atomic mass is 10.0. The second-order valence-electron chi connectivity index (χ2n) is 5.79. The molecule has 2 aromatic carbocycles. The van der Waals surface area contributed by atoms with Crippen LogP contribution in [0, 0.1) is 5.92 Å². The van der Waals surface area contributed by atoms with Crippen molar-refractivity contribution in [3.63, 3.8) is 0 Å². The molecule has 0 saturated carbocycles. The Morgan fingerprint density at radius 2 is 1.54 bits per heavy atom. The third kappa shape index (κ3) is 4.59. The Morgan fingerprint density at radius 1 is 0.917 bits per heavy atom. The molecule has 0 radical (unpaired) electrons. The highest BCUT2D eigenvalue weighted by atomic mass is 16.5. The molecule has 0 bridgehead atoms. The number of benzene rings is 2. The quantitative estimate of drug-likeness (QED) is 0.797. The number of ether oxygens (including phenoxy) is 1. The maximum absolute atomic E-state index is 12.5. The highest BCUT2D eigenvalue weighted by molar-refractivity contribution is 5.97. The van der Waals surface area contributed by atoms with Crippen LogP contribution in [0.4, 0.5) is 11.4 Å². The first-order valence-corrected chi connectivity index (χ1v) is 7.82. The number of para-hydroxylation sites is 1. The van der Waals surface area contributed by atoms with Gasteiger partial charge in [-0.15, -0.1) is 0 Å². The zero-order chi connectivity index (χ0) is 17.5. The van der Waals surface area contributed by atoms with Gasteiger partial charge in [-0.3, -0.25) is 4.79 Å². The molecule has 0 heterocycles. The minimum absolute atomic E-state index is 0.0917. The van der Waals surface area contributed by atoms with Gasteiger partial charge in [0.1, 0.15) is 6.04 Å². The molecule has 2 rings (SSSR count). The van der Waals surface area contributed by atoms with E-state index in [-0.39, 0.29) is 17.8 Å². The number of esters is 1. The van der Waals surface area contributed by atoms with Crippen molar-refractivity contribution in [2.75, 3.05) is 17.7 Å². The Morgan fingerprint density at radius 3 is 2.08 bits per heavy atom. The van der Waals surface area contributed by atoms with Gasteiger partial charge >= 0.3 is 5.97 Å². The van der Waals surface area contributed by atoms with Gasteiger partial charge in [0.15, 0.2) is 0 Å². The molecule has 5 nitrogen and oxygen atoms in total. The highest BCUT2D eigenvalue weighted by Gasteiger charge is 2.22. The molecule has 2 N–H and O–H groups in total. The van der Waals surface area contributed by atoms with Gasteiger partial charge in [0, 0.05) is 11.4 Å². The van der Waals surface area contributed by atoms with E-state index in [9.17, 15) is 9.59 Å². The first kappa shape index (κ1) is 17.5. The Labute approximate surface area is 142 Å². The van der Waals surface area contributed by atoms with E-state index in [4.69, 9.17) is 0 Å². The summed E-state index contributed by atoms with van der Waals surface area (Å²) in [6, 6.07) is 15.8. The van der Waals surface area contributed by atoms with Crippen molar-refractivity contribution in [2.45, 2.75) is 19.9 Å². The zero-order valence-corrected chi connectivity index (χ0v) is 14.1. The number of methoxy groups -OCH3 is 1. The average Bonchev–Trinajstić information content (AvgIpc) is 2.60. The maximum atomic E-state index is 12.5. The molecular formula is C19H22N2O3. The average molecular weight is 326 g/mol. The smallest absolute Gasteiger partial charge is 0.337 e. The summed E-state index contributed by atoms with van der Waals surface area (Å²) in [6.07, 6.45) is 0. The molecule has 1 unspecified atom stereocenters. The summed E-state index contributed by atoms with van der Waals surface area (Å²) < 4.78 is 4.68. The van der Waals surface area contributed by atoms with E-state index in [1.165, 1.54) is 7.11 Å². The van der Waals surface area contributed by atoms with Crippen LogP contribution in [0.1, 0.15) is 24.2 Å². The topological polar surface area (TPSA) is 67.4 Å². The van der Waals surface area contributed by atoms with Gasteiger partial charge in [-0.25, -0.2) is 4.79 Å². The normalized spacial score (nSPS) is 11.7. The van der Waals surface area contributed by atoms with Gasteiger partial charge in [0.05, 0.1) is 12.7 Å². The van der Waals surface area contributed by atoms with E-state index in [2.05, 4.69) is 15.4 Å². The number of carbonyl (C=O) groups is 2. The number of nitrogens with one attached hydrogen (secondary N) is 2. The molecule has 0 aromatic heterocycles. The van der Waals surface area contributed by atoms with Crippen molar-refractivity contribution < 1.29 is 14.3 Å². The molecule has 0 aliphatic rings. The molecule has 1 amide bonds. The zero-order valence-electron chi connectivity index (χ0n) is 14.1. The van der Waals surface area contributed by atoms with Gasteiger partial charge in [0.2, 0.25) is 5.91 Å². The van der Waals surface area contributed by atoms with Crippen molar-refractivity contribution in [3.8, 4) is 0 Å². The Balaban J connectivity index is 2.08. The minimum Gasteiger partial charge on any atom is -0.465 e. The van der Waals surface area contributed by atoms with Crippen LogP contribution in [0.25, 0.3) is 0 Å². The molecule has 0 saturated heterocycles. The first-order valence-electron chi connectivity index (χ1n) is 7.82. The summed E-state index contributed by atoms with van der Waals surface area (Å²) in [5.74, 6) is -0.397. The van der Waals surface area contributed by atoms with Crippen LogP contribution in [0.15, 0.2) is 54.6 Å². The Hall–Kier alpha value is -2.82. The standard InChI is InChI=1S/C19H22N2O3/c1-13(2)17(18(22)21-15-7-5-4-6-8-15)20-16-11-9-14(10-12-16)19(23)24-3/h4-13,17,20H,1-3H3,(H,21,22). The van der Waals surface area contributed by atoms with Crippen LogP contribution in [0.2, 0.25) is 0 Å². The van der Waals surface area contributed by atoms with Crippen molar-refractivity contribution in [3.05, 3.63) is 60.2 Å². The fourth-order valence-electron chi connectivity index (χ4n) is 2.28. The van der Waals surface area contributed by atoms with Crippen molar-refractivity contribution in [1.82, 2.24) is 0 Å². The van der Waals surface area contributed by atoms with Gasteiger partial charge in [0.25, 0.3) is 0 Å². The molecule has 0 fully saturated rings. The summed E-state index contributed by atoms with van der Waals surface area (Å²) in [6.45, 7) is 3.95. The fourth-order valence-corrected chi connectivity index (χ4v) is 2.28. The van der Waals surface area contributed by atoms with Crippen LogP contribution in [-0.2, 0) is 9.53 Å². The monoisotopic (exact) mass is 326 g/mol. The van der Waals surface area contributed by atoms with E-state index in [0.717, 1.165) is 11.4 Å². The maximum Gasteiger partial charge on any atom is 0.337 e. The van der Waals surface area contributed by atoms with Crippen LogP contribution in [-0.4, -0.2) is 25.0 Å². The summed E-state index contributed by atoms with van der Waals surface area (Å²) in [7, 11) is 1.34. The van der Waals surface area contributed by atoms with E-state index >= 15 is 0 Å². The number of carbonyl (C=O) groups excluding carboxylic acids is 2. The first-order chi connectivity index (χ1) is 11.5. The second kappa shape index (κ2) is 8.15. The van der Waals surface area contributed by atoms with Crippen molar-refractivity contribution in [2.24, 2.45) is 5.92 Å². The van der Waals surface area contributed by atoms with Gasteiger partial charge in [-0.1, -0.05) is 32.0 Å². The molecule has 0 spiro atoms. The molecule has 1 atom stereocenters. The van der Waals surface area contributed by atoms with Crippen molar-refractivity contribution in [1.29, 1.82) is 0 Å². The molecule has 2 aromatic rings. The van der Waals surface area contributed by atoms with E-state index in [0.29, 0.717) is 5.56 Å². The predicted octanol–water partition coefficient (Wildman–Crippen LogP) is 3.55. The summed E-state index contributed by atoms with van der Waals surface area (Å²) in [5, 5.41) is 6.13. The van der Waals surface area contributed by atoms with Crippen LogP contribution in [0.5, 0.6) is 0 Å². The minimum atomic E-state index is -0.394. The lowest BCUT2D eigenvalue weighted by molar-refractivity contribution is -0.117. The number of anilines is 2. The van der Waals surface area contributed by atoms with Crippen molar-refractivity contribution >= 4 is 23.3 Å². The summed E-state index contributed by atoms with van der Waals surface area (Å²) >= 11 is 0. The summed E-state index contributed by atoms with van der Waals surface area (Å²) in [4.78, 5) is 24.0. The van der Waals surface area contributed by atoms with Gasteiger partial charge < -0.3 is 15.4 Å². The van der Waals surface area contributed by atoms with Gasteiger partial charge in [-0.05, 0) is 42.3 Å². The van der Waals surface area contributed by atoms with Gasteiger partial charge in [-0.2, -0.15) is 0 Å². The molecule has 5 heteroatoms. The van der Waals surface area contributed by atoms with E-state index < -0.39 is 6.04 Å². The number of rotatable bonds is 6. The highest BCUT2D eigenvalue weighted by Crippen LogP contribution is 2.16. The number of hydrogen-bond donors (Lipinski definition) is 2. The Bertz CT molecular complexity index is 682. The number of amides is 1. The molecule has 0 aliphatic carbocycles. The lowest BCUT2D eigenvalue weighted by Crippen LogP contribution is -2.38. The van der Waals surface area contributed by atoms with Crippen LogP contribution in [0.3, 0.4) is 0 Å². The van der Waals surface area contributed by atoms with E-state index in [1.54, 1.807) is 24.3 Å². The Kier molecular flexibility index (Phi) is 5.95. The SMILES string of the molecule is COC(=O)c1ccc(NC(C(=O)Nc2ccccc2)C(C)C)cc1. The second-order valence-corrected chi connectivity index (χ2v) is 5.79. The molecule has 126 valence electrons. The molecule has 24 heavy (non-hydrogen) atoms. The lowest BCUT2D eigenvalue weighted by Gasteiger charge is -2.23. The van der Waals surface area contributed by atoms with E-state index in [1.807, 2.05) is 44.2 Å². The fraction of sp³-hybridized carbons (Fsp3) is 0.263. The van der Waals surface area contributed by atoms with Crippen LogP contribution >= 0.6 is 0 Å².